The van der Waals surface area contributed by atoms with E-state index in [0.717, 1.165) is 0 Å². The monoisotopic (exact) mass is 261 g/mol. The molecule has 0 fully saturated rings. The molecule has 1 heterocycles. The first kappa shape index (κ1) is 13.5. The molecule has 17 heavy (non-hydrogen) atoms. The van der Waals surface area contributed by atoms with Gasteiger partial charge in [-0.15, -0.1) is 0 Å². The van der Waals surface area contributed by atoms with Gasteiger partial charge in [-0.2, -0.15) is 5.10 Å². The van der Waals surface area contributed by atoms with E-state index in [1.165, 1.54) is 24.0 Å². The molecule has 0 aromatic carbocycles. The lowest BCUT2D eigenvalue weighted by molar-refractivity contribution is 0.316. The molecule has 0 aliphatic heterocycles. The van der Waals surface area contributed by atoms with Crippen LogP contribution in [0.4, 0.5) is 0 Å². The summed E-state index contributed by atoms with van der Waals surface area (Å²) in [7, 11) is -2.11. The van der Waals surface area contributed by atoms with Crippen LogP contribution in [-0.4, -0.2) is 35.3 Å². The van der Waals surface area contributed by atoms with Crippen molar-refractivity contribution in [1.29, 1.82) is 0 Å². The van der Waals surface area contributed by atoms with E-state index in [1.54, 1.807) is 6.92 Å². The molecule has 1 rings (SSSR count). The van der Waals surface area contributed by atoms with Crippen molar-refractivity contribution in [2.24, 2.45) is 17.9 Å². The molecule has 1 aromatic rings. The van der Waals surface area contributed by atoms with Gasteiger partial charge in [0, 0.05) is 19.5 Å². The number of rotatable bonds is 5. The van der Waals surface area contributed by atoms with Gasteiger partial charge in [-0.1, -0.05) is 5.16 Å². The number of hydrogen-bond donors (Lipinski definition) is 3. The highest BCUT2D eigenvalue weighted by molar-refractivity contribution is 7.89. The molecule has 1 unspecified atom stereocenters. The van der Waals surface area contributed by atoms with E-state index in [0.29, 0.717) is 0 Å². The summed E-state index contributed by atoms with van der Waals surface area (Å²) in [5, 5.41) is 15.0. The Morgan fingerprint density at radius 2 is 2.41 bits per heavy atom. The van der Waals surface area contributed by atoms with Crippen LogP contribution in [0.15, 0.2) is 22.4 Å². The van der Waals surface area contributed by atoms with Gasteiger partial charge in [0.2, 0.25) is 0 Å². The highest BCUT2D eigenvalue weighted by Crippen LogP contribution is 2.07. The third kappa shape index (κ3) is 3.43. The van der Waals surface area contributed by atoms with Crippen molar-refractivity contribution >= 4 is 15.9 Å². The van der Waals surface area contributed by atoms with Crippen LogP contribution < -0.4 is 10.5 Å². The highest BCUT2D eigenvalue weighted by Gasteiger charge is 2.20. The zero-order chi connectivity index (χ0) is 13.1. The summed E-state index contributed by atoms with van der Waals surface area (Å²) in [6, 6.07) is 0.907. The number of nitrogens with two attached hydrogens (primary N) is 1. The van der Waals surface area contributed by atoms with Gasteiger partial charge >= 0.3 is 0 Å². The molecule has 9 heteroatoms. The van der Waals surface area contributed by atoms with Crippen molar-refractivity contribution in [1.82, 2.24) is 14.5 Å². The first-order chi connectivity index (χ1) is 7.86. The Morgan fingerprint density at radius 3 is 2.88 bits per heavy atom. The van der Waals surface area contributed by atoms with Gasteiger partial charge < -0.3 is 10.9 Å². The first-order valence-electron chi connectivity index (χ1n) is 4.83. The summed E-state index contributed by atoms with van der Waals surface area (Å²) >= 11 is 0. The fourth-order valence-electron chi connectivity index (χ4n) is 1.35. The minimum atomic E-state index is -3.64. The van der Waals surface area contributed by atoms with Crippen molar-refractivity contribution in [3.8, 4) is 0 Å². The summed E-state index contributed by atoms with van der Waals surface area (Å²) in [6.07, 6.45) is 1.51. The van der Waals surface area contributed by atoms with E-state index in [2.05, 4.69) is 15.0 Å². The molecule has 0 radical (unpaired) electrons. The summed E-state index contributed by atoms with van der Waals surface area (Å²) in [5.41, 5.74) is 5.29. The van der Waals surface area contributed by atoms with E-state index < -0.39 is 16.1 Å². The standard InChI is InChI=1S/C8H15N5O3S/c1-6(5-7(9)11-14)12-17(15,16)8-3-4-10-13(8)2/h3-4,6,12,14H,5H2,1-2H3,(H2,9,11). The van der Waals surface area contributed by atoms with Gasteiger partial charge in [0.05, 0.1) is 6.20 Å². The van der Waals surface area contributed by atoms with Crippen molar-refractivity contribution < 1.29 is 13.6 Å². The summed E-state index contributed by atoms with van der Waals surface area (Å²) < 4.78 is 27.4. The maximum absolute atomic E-state index is 11.9. The summed E-state index contributed by atoms with van der Waals surface area (Å²) in [6.45, 7) is 1.62. The SMILES string of the molecule is CC(CC(N)=NO)NS(=O)(=O)c1ccnn1C. The third-order valence-corrected chi connectivity index (χ3v) is 3.72. The second-order valence-corrected chi connectivity index (χ2v) is 5.27. The quantitative estimate of drug-likeness (QED) is 0.278. The van der Waals surface area contributed by atoms with E-state index in [9.17, 15) is 8.42 Å². The number of nitrogens with one attached hydrogen (secondary N) is 1. The van der Waals surface area contributed by atoms with Crippen molar-refractivity contribution in [2.75, 3.05) is 0 Å². The van der Waals surface area contributed by atoms with Crippen LogP contribution >= 0.6 is 0 Å². The Hall–Kier alpha value is -1.61. The average molecular weight is 261 g/mol. The Labute approximate surface area is 99.2 Å². The number of sulfonamides is 1. The Kier molecular flexibility index (Phi) is 4.07. The first-order valence-corrected chi connectivity index (χ1v) is 6.32. The smallest absolute Gasteiger partial charge is 0.257 e. The molecular formula is C8H15N5O3S. The molecule has 1 aromatic heterocycles. The number of nitrogens with zero attached hydrogens (tertiary/aromatic N) is 3. The topological polar surface area (TPSA) is 123 Å². The molecule has 8 nitrogen and oxygen atoms in total. The lowest BCUT2D eigenvalue weighted by Gasteiger charge is -2.13. The Balaban J connectivity index is 2.78. The second-order valence-electron chi connectivity index (χ2n) is 3.61. The van der Waals surface area contributed by atoms with Crippen LogP contribution in [0.2, 0.25) is 0 Å². The summed E-state index contributed by atoms with van der Waals surface area (Å²) in [4.78, 5) is 0. The van der Waals surface area contributed by atoms with E-state index in [-0.39, 0.29) is 17.3 Å². The minimum Gasteiger partial charge on any atom is -0.409 e. The second kappa shape index (κ2) is 5.15. The van der Waals surface area contributed by atoms with Crippen LogP contribution in [-0.2, 0) is 17.1 Å². The predicted molar refractivity (Wildman–Crippen MR) is 61.0 cm³/mol. The van der Waals surface area contributed by atoms with Crippen molar-refractivity contribution in [3.05, 3.63) is 12.3 Å². The molecule has 0 aliphatic carbocycles. The zero-order valence-corrected chi connectivity index (χ0v) is 10.3. The lowest BCUT2D eigenvalue weighted by Crippen LogP contribution is -2.36. The van der Waals surface area contributed by atoms with Crippen LogP contribution in [0.1, 0.15) is 13.3 Å². The zero-order valence-electron chi connectivity index (χ0n) is 9.53. The lowest BCUT2D eigenvalue weighted by atomic mass is 10.2. The molecule has 96 valence electrons. The molecule has 0 spiro atoms. The van der Waals surface area contributed by atoms with Gasteiger partial charge in [-0.25, -0.2) is 13.1 Å². The van der Waals surface area contributed by atoms with Crippen molar-refractivity contribution in [3.63, 3.8) is 0 Å². The maximum atomic E-state index is 11.9. The number of hydrogen-bond acceptors (Lipinski definition) is 5. The van der Waals surface area contributed by atoms with Crippen LogP contribution in [0, 0.1) is 0 Å². The molecule has 4 N–H and O–H groups in total. The number of amidine groups is 1. The normalized spacial score (nSPS) is 14.8. The highest BCUT2D eigenvalue weighted by atomic mass is 32.2. The van der Waals surface area contributed by atoms with E-state index in [4.69, 9.17) is 10.9 Å². The molecule has 0 amide bonds. The fraction of sp³-hybridized carbons (Fsp3) is 0.500. The van der Waals surface area contributed by atoms with Gasteiger partial charge in [-0.3, -0.25) is 4.68 Å². The van der Waals surface area contributed by atoms with Gasteiger partial charge in [0.25, 0.3) is 10.0 Å². The third-order valence-electron chi connectivity index (χ3n) is 2.05. The summed E-state index contributed by atoms with van der Waals surface area (Å²) in [5.74, 6) is -0.0368. The van der Waals surface area contributed by atoms with Crippen LogP contribution in [0.3, 0.4) is 0 Å². The van der Waals surface area contributed by atoms with E-state index in [1.807, 2.05) is 0 Å². The minimum absolute atomic E-state index is 0.0368. The van der Waals surface area contributed by atoms with Gasteiger partial charge in [0.15, 0.2) is 5.03 Å². The van der Waals surface area contributed by atoms with Crippen LogP contribution in [0.25, 0.3) is 0 Å². The Bertz CT molecular complexity index is 507. The Morgan fingerprint density at radius 1 is 1.76 bits per heavy atom. The maximum Gasteiger partial charge on any atom is 0.257 e. The van der Waals surface area contributed by atoms with Gasteiger partial charge in [0.1, 0.15) is 5.84 Å². The van der Waals surface area contributed by atoms with Gasteiger partial charge in [-0.05, 0) is 13.0 Å². The molecule has 0 saturated heterocycles. The molecule has 1 atom stereocenters. The van der Waals surface area contributed by atoms with Crippen molar-refractivity contribution in [2.45, 2.75) is 24.4 Å². The number of oxime groups is 1. The predicted octanol–water partition coefficient (Wildman–Crippen LogP) is -0.777. The molecule has 0 aliphatic rings. The van der Waals surface area contributed by atoms with Crippen LogP contribution in [0.5, 0.6) is 0 Å². The van der Waals surface area contributed by atoms with E-state index >= 15 is 0 Å². The average Bonchev–Trinajstić information content (AvgIpc) is 2.63. The largest absolute Gasteiger partial charge is 0.409 e. The number of aromatic nitrogens is 2. The molecular weight excluding hydrogens is 246 g/mol. The molecule has 0 saturated carbocycles. The molecule has 0 bridgehead atoms. The number of aryl methyl sites for hydroxylation is 1. The fourth-order valence-corrected chi connectivity index (χ4v) is 2.72.